The molecule has 0 spiro atoms. The van der Waals surface area contributed by atoms with Crippen LogP contribution in [0.5, 0.6) is 0 Å². The van der Waals surface area contributed by atoms with Gasteiger partial charge in [0.05, 0.1) is 10.7 Å². The molecule has 6 heteroatoms. The number of carbonyl (C=O) groups excluding carboxylic acids is 2. The molecule has 0 aromatic rings. The van der Waals surface area contributed by atoms with Crippen LogP contribution in [0.15, 0.2) is 0 Å². The van der Waals surface area contributed by atoms with Crippen molar-refractivity contribution < 1.29 is 9.59 Å². The highest BCUT2D eigenvalue weighted by Crippen LogP contribution is 2.31. The molecule has 90 valence electrons. The number of likely N-dealkylation sites (tertiary alicyclic amines) is 2. The van der Waals surface area contributed by atoms with Crippen LogP contribution in [0.3, 0.4) is 0 Å². The molecule has 0 aromatic heterocycles. The van der Waals surface area contributed by atoms with Crippen LogP contribution >= 0.6 is 31.9 Å². The zero-order chi connectivity index (χ0) is 11.7. The van der Waals surface area contributed by atoms with Gasteiger partial charge in [-0.05, 0) is 0 Å². The third-order valence-corrected chi connectivity index (χ3v) is 4.38. The minimum Gasteiger partial charge on any atom is -0.341 e. The van der Waals surface area contributed by atoms with Gasteiger partial charge in [-0.25, -0.2) is 0 Å². The van der Waals surface area contributed by atoms with Gasteiger partial charge in [-0.2, -0.15) is 0 Å². The molecule has 4 nitrogen and oxygen atoms in total. The Balaban J connectivity index is 1.91. The molecule has 2 heterocycles. The second kappa shape index (κ2) is 5.04. The molecule has 2 fully saturated rings. The Morgan fingerprint density at radius 2 is 1.19 bits per heavy atom. The zero-order valence-electron chi connectivity index (χ0n) is 8.86. The molecule has 0 radical (unpaired) electrons. The summed E-state index contributed by atoms with van der Waals surface area (Å²) in [5.41, 5.74) is 0. The summed E-state index contributed by atoms with van der Waals surface area (Å²) in [6.07, 6.45) is 0. The molecule has 2 saturated heterocycles. The van der Waals surface area contributed by atoms with Crippen molar-refractivity contribution >= 4 is 43.7 Å². The molecule has 0 bridgehead atoms. The summed E-state index contributed by atoms with van der Waals surface area (Å²) in [6.45, 7) is 3.23. The van der Waals surface area contributed by atoms with E-state index >= 15 is 0 Å². The monoisotopic (exact) mass is 352 g/mol. The number of halogens is 2. The first-order chi connectivity index (χ1) is 7.65. The number of nitrogens with zero attached hydrogens (tertiary/aromatic N) is 2. The highest BCUT2D eigenvalue weighted by atomic mass is 79.9. The molecule has 0 aromatic carbocycles. The SMILES string of the molecule is O=C(CBr)N1C[C@H]2CN(C(=O)CBr)C[C@H]2C1. The van der Waals surface area contributed by atoms with Crippen LogP contribution in [0.4, 0.5) is 0 Å². The number of fused-ring (bicyclic) bond motifs is 1. The van der Waals surface area contributed by atoms with Gasteiger partial charge in [0, 0.05) is 38.0 Å². The number of alkyl halides is 2. The number of rotatable bonds is 2. The number of hydrogen-bond acceptors (Lipinski definition) is 2. The van der Waals surface area contributed by atoms with E-state index in [2.05, 4.69) is 31.9 Å². The average molecular weight is 354 g/mol. The average Bonchev–Trinajstić information content (AvgIpc) is 2.84. The van der Waals surface area contributed by atoms with Crippen LogP contribution in [-0.2, 0) is 9.59 Å². The van der Waals surface area contributed by atoms with Crippen molar-refractivity contribution in [3.05, 3.63) is 0 Å². The van der Waals surface area contributed by atoms with E-state index in [9.17, 15) is 9.59 Å². The molecule has 0 saturated carbocycles. The van der Waals surface area contributed by atoms with Crippen molar-refractivity contribution in [2.75, 3.05) is 36.8 Å². The van der Waals surface area contributed by atoms with Crippen LogP contribution in [0.1, 0.15) is 0 Å². The summed E-state index contributed by atoms with van der Waals surface area (Å²) in [5.74, 6) is 1.28. The van der Waals surface area contributed by atoms with Gasteiger partial charge in [-0.15, -0.1) is 0 Å². The van der Waals surface area contributed by atoms with E-state index < -0.39 is 0 Å². The fraction of sp³-hybridized carbons (Fsp3) is 0.800. The smallest absolute Gasteiger partial charge is 0.233 e. The highest BCUT2D eigenvalue weighted by Gasteiger charge is 2.42. The summed E-state index contributed by atoms with van der Waals surface area (Å²) in [5, 5.41) is 0.799. The Morgan fingerprint density at radius 3 is 1.44 bits per heavy atom. The van der Waals surface area contributed by atoms with Gasteiger partial charge in [0.25, 0.3) is 0 Å². The molecule has 16 heavy (non-hydrogen) atoms. The highest BCUT2D eigenvalue weighted by molar-refractivity contribution is 9.09. The third-order valence-electron chi connectivity index (χ3n) is 3.42. The van der Waals surface area contributed by atoms with Gasteiger partial charge < -0.3 is 9.80 Å². The molecule has 2 aliphatic rings. The lowest BCUT2D eigenvalue weighted by atomic mass is 10.0. The molecular formula is C10H14Br2N2O2. The minimum atomic E-state index is 0.160. The van der Waals surface area contributed by atoms with Crippen LogP contribution < -0.4 is 0 Å². The van der Waals surface area contributed by atoms with Crippen molar-refractivity contribution in [3.8, 4) is 0 Å². The molecule has 0 N–H and O–H groups in total. The molecule has 2 aliphatic heterocycles. The second-order valence-electron chi connectivity index (χ2n) is 4.38. The van der Waals surface area contributed by atoms with E-state index in [1.165, 1.54) is 0 Å². The van der Waals surface area contributed by atoms with Crippen molar-refractivity contribution in [1.29, 1.82) is 0 Å². The van der Waals surface area contributed by atoms with Crippen LogP contribution in [0, 0.1) is 11.8 Å². The fourth-order valence-electron chi connectivity index (χ4n) is 2.57. The summed E-state index contributed by atoms with van der Waals surface area (Å²) < 4.78 is 0. The van der Waals surface area contributed by atoms with Gasteiger partial charge in [0.2, 0.25) is 11.8 Å². The Morgan fingerprint density at radius 1 is 0.875 bits per heavy atom. The van der Waals surface area contributed by atoms with E-state index in [4.69, 9.17) is 0 Å². The fourth-order valence-corrected chi connectivity index (χ4v) is 3.28. The Labute approximate surface area is 112 Å². The normalized spacial score (nSPS) is 28.4. The van der Waals surface area contributed by atoms with Gasteiger partial charge >= 0.3 is 0 Å². The number of carbonyl (C=O) groups is 2. The van der Waals surface area contributed by atoms with E-state index in [-0.39, 0.29) is 11.8 Å². The number of hydrogen-bond donors (Lipinski definition) is 0. The second-order valence-corrected chi connectivity index (χ2v) is 5.51. The lowest BCUT2D eigenvalue weighted by Gasteiger charge is -2.20. The predicted octanol–water partition coefficient (Wildman–Crippen LogP) is 0.693. The maximum absolute atomic E-state index is 11.5. The summed E-state index contributed by atoms with van der Waals surface area (Å²) in [7, 11) is 0. The largest absolute Gasteiger partial charge is 0.341 e. The number of amides is 2. The van der Waals surface area contributed by atoms with Crippen LogP contribution in [-0.4, -0.2) is 58.5 Å². The van der Waals surface area contributed by atoms with Crippen molar-refractivity contribution in [1.82, 2.24) is 9.80 Å². The Kier molecular flexibility index (Phi) is 3.89. The maximum atomic E-state index is 11.5. The van der Waals surface area contributed by atoms with E-state index in [0.717, 1.165) is 26.2 Å². The standard InChI is InChI=1S/C10H14Br2N2O2/c11-1-9(15)13-3-7-5-14(10(16)2-12)6-8(7)4-13/h7-8H,1-6H2/t7-,8+. The Bertz CT molecular complexity index is 269. The summed E-state index contributed by atoms with van der Waals surface area (Å²) >= 11 is 6.38. The van der Waals surface area contributed by atoms with Crippen LogP contribution in [0.25, 0.3) is 0 Å². The topological polar surface area (TPSA) is 40.6 Å². The van der Waals surface area contributed by atoms with E-state index in [1.54, 1.807) is 0 Å². The summed E-state index contributed by atoms with van der Waals surface area (Å²) in [4.78, 5) is 26.8. The van der Waals surface area contributed by atoms with Gasteiger partial charge in [-0.3, -0.25) is 9.59 Å². The molecule has 0 atom stereocenters. The van der Waals surface area contributed by atoms with Gasteiger partial charge in [-0.1, -0.05) is 31.9 Å². The third kappa shape index (κ3) is 2.27. The van der Waals surface area contributed by atoms with E-state index in [1.807, 2.05) is 9.80 Å². The maximum Gasteiger partial charge on any atom is 0.233 e. The zero-order valence-corrected chi connectivity index (χ0v) is 12.0. The lowest BCUT2D eigenvalue weighted by Crippen LogP contribution is -2.36. The first-order valence-corrected chi connectivity index (χ1v) is 7.57. The first kappa shape index (κ1) is 12.4. The molecule has 0 aliphatic carbocycles. The van der Waals surface area contributed by atoms with E-state index in [0.29, 0.717) is 22.5 Å². The molecule has 2 amide bonds. The molecular weight excluding hydrogens is 340 g/mol. The van der Waals surface area contributed by atoms with Crippen molar-refractivity contribution in [2.24, 2.45) is 11.8 Å². The molecule has 2 rings (SSSR count). The van der Waals surface area contributed by atoms with Crippen molar-refractivity contribution in [3.63, 3.8) is 0 Å². The molecule has 0 unspecified atom stereocenters. The van der Waals surface area contributed by atoms with Gasteiger partial charge in [0.1, 0.15) is 0 Å². The predicted molar refractivity (Wildman–Crippen MR) is 67.7 cm³/mol. The van der Waals surface area contributed by atoms with Crippen molar-refractivity contribution in [2.45, 2.75) is 0 Å². The lowest BCUT2D eigenvalue weighted by molar-refractivity contribution is -0.128. The Hall–Kier alpha value is -0.100. The quantitative estimate of drug-likeness (QED) is 0.685. The van der Waals surface area contributed by atoms with Gasteiger partial charge in [0.15, 0.2) is 0 Å². The summed E-state index contributed by atoms with van der Waals surface area (Å²) in [6, 6.07) is 0. The van der Waals surface area contributed by atoms with Crippen LogP contribution in [0.2, 0.25) is 0 Å². The minimum absolute atomic E-state index is 0.160. The first-order valence-electron chi connectivity index (χ1n) is 5.33.